The van der Waals surface area contributed by atoms with E-state index in [2.05, 4.69) is 37.3 Å². The number of hydrogen-bond donors (Lipinski definition) is 1. The molecule has 128 valence electrons. The number of ether oxygens (including phenoxy) is 1. The molecule has 0 aliphatic heterocycles. The Hall–Kier alpha value is -1.53. The lowest BCUT2D eigenvalue weighted by molar-refractivity contribution is -0.108. The van der Waals surface area contributed by atoms with Crippen LogP contribution >= 0.6 is 0 Å². The van der Waals surface area contributed by atoms with E-state index in [1.807, 2.05) is 0 Å². The van der Waals surface area contributed by atoms with E-state index in [0.29, 0.717) is 23.7 Å². The molecule has 0 aromatic heterocycles. The molecule has 0 amide bonds. The molecule has 0 bridgehead atoms. The van der Waals surface area contributed by atoms with Gasteiger partial charge in [-0.05, 0) is 67.6 Å². The third-order valence-corrected chi connectivity index (χ3v) is 7.67. The van der Waals surface area contributed by atoms with Crippen molar-refractivity contribution in [2.45, 2.75) is 51.0 Å². The van der Waals surface area contributed by atoms with Crippen LogP contribution in [0.15, 0.2) is 35.6 Å². The number of allylic oxidation sites excluding steroid dienone is 5. The van der Waals surface area contributed by atoms with E-state index in [0.717, 1.165) is 37.9 Å². The van der Waals surface area contributed by atoms with Crippen LogP contribution in [0.1, 0.15) is 45.4 Å². The summed E-state index contributed by atoms with van der Waals surface area (Å²) in [5, 5.41) is 20.3. The molecule has 0 saturated heterocycles. The summed E-state index contributed by atoms with van der Waals surface area (Å²) >= 11 is 0. The zero-order valence-corrected chi connectivity index (χ0v) is 14.7. The molecule has 4 aliphatic carbocycles. The Morgan fingerprint density at radius 2 is 2.17 bits per heavy atom. The van der Waals surface area contributed by atoms with Gasteiger partial charge in [0.1, 0.15) is 5.76 Å². The van der Waals surface area contributed by atoms with Crippen molar-refractivity contribution in [1.82, 2.24) is 0 Å². The van der Waals surface area contributed by atoms with Crippen LogP contribution in [-0.2, 0) is 4.74 Å². The van der Waals surface area contributed by atoms with Crippen LogP contribution in [0, 0.1) is 40.4 Å². The summed E-state index contributed by atoms with van der Waals surface area (Å²) < 4.78 is 5.39. The van der Waals surface area contributed by atoms with Crippen molar-refractivity contribution in [2.75, 3.05) is 7.11 Å². The average Bonchev–Trinajstić information content (AvgIpc) is 2.86. The second kappa shape index (κ2) is 5.49. The van der Waals surface area contributed by atoms with Crippen molar-refractivity contribution in [2.24, 2.45) is 29.1 Å². The maximum atomic E-state index is 11.2. The van der Waals surface area contributed by atoms with E-state index < -0.39 is 5.60 Å². The number of nitrogens with zero attached hydrogens (tertiary/aromatic N) is 1. The molecule has 0 spiro atoms. The lowest BCUT2D eigenvalue weighted by atomic mass is 9.52. The molecule has 0 aromatic rings. The Morgan fingerprint density at radius 1 is 1.33 bits per heavy atom. The topological polar surface area (TPSA) is 53.2 Å². The maximum Gasteiger partial charge on any atom is 0.118 e. The van der Waals surface area contributed by atoms with Gasteiger partial charge in [0, 0.05) is 11.3 Å². The van der Waals surface area contributed by atoms with E-state index in [9.17, 15) is 10.4 Å². The highest BCUT2D eigenvalue weighted by Crippen LogP contribution is 2.64. The second-order valence-electron chi connectivity index (χ2n) is 8.37. The van der Waals surface area contributed by atoms with Crippen LogP contribution in [0.4, 0.5) is 0 Å². The minimum Gasteiger partial charge on any atom is -0.497 e. The minimum atomic E-state index is -0.785. The van der Waals surface area contributed by atoms with Gasteiger partial charge in [-0.3, -0.25) is 0 Å². The number of nitriles is 1. The zero-order chi connectivity index (χ0) is 16.9. The lowest BCUT2D eigenvalue weighted by Crippen LogP contribution is -2.51. The third kappa shape index (κ3) is 2.05. The average molecular weight is 325 g/mol. The van der Waals surface area contributed by atoms with E-state index in [4.69, 9.17) is 4.74 Å². The summed E-state index contributed by atoms with van der Waals surface area (Å²) in [7, 11) is 1.73. The Labute approximate surface area is 144 Å². The number of hydrogen-bond acceptors (Lipinski definition) is 3. The van der Waals surface area contributed by atoms with Crippen LogP contribution in [0.5, 0.6) is 0 Å². The first-order valence-corrected chi connectivity index (χ1v) is 9.26. The molecule has 24 heavy (non-hydrogen) atoms. The normalized spacial score (nSPS) is 46.1. The summed E-state index contributed by atoms with van der Waals surface area (Å²) in [6.45, 7) is 2.25. The van der Waals surface area contributed by atoms with Crippen LogP contribution in [0.2, 0.25) is 0 Å². The first kappa shape index (κ1) is 16.0. The second-order valence-corrected chi connectivity index (χ2v) is 8.37. The van der Waals surface area contributed by atoms with Crippen molar-refractivity contribution in [1.29, 1.82) is 5.26 Å². The fraction of sp³-hybridized carbons (Fsp3) is 0.667. The van der Waals surface area contributed by atoms with Crippen molar-refractivity contribution < 1.29 is 9.84 Å². The third-order valence-electron chi connectivity index (χ3n) is 7.67. The summed E-state index contributed by atoms with van der Waals surface area (Å²) in [6.07, 6.45) is 14.4. The Bertz CT molecular complexity index is 670. The molecule has 0 heterocycles. The van der Waals surface area contributed by atoms with Gasteiger partial charge in [-0.1, -0.05) is 19.1 Å². The number of rotatable bonds is 2. The van der Waals surface area contributed by atoms with E-state index >= 15 is 0 Å². The molecule has 2 saturated carbocycles. The maximum absolute atomic E-state index is 11.2. The summed E-state index contributed by atoms with van der Waals surface area (Å²) in [5.41, 5.74) is 0.526. The highest BCUT2D eigenvalue weighted by Gasteiger charge is 2.61. The van der Waals surface area contributed by atoms with Crippen molar-refractivity contribution >= 4 is 0 Å². The number of aliphatic hydroxyl groups is 1. The highest BCUT2D eigenvalue weighted by molar-refractivity contribution is 5.39. The van der Waals surface area contributed by atoms with Crippen LogP contribution in [0.3, 0.4) is 0 Å². The lowest BCUT2D eigenvalue weighted by Gasteiger charge is -2.54. The van der Waals surface area contributed by atoms with Crippen molar-refractivity contribution in [3.05, 3.63) is 35.6 Å². The molecule has 2 fully saturated rings. The predicted octanol–water partition coefficient (Wildman–Crippen LogP) is 4.12. The van der Waals surface area contributed by atoms with Crippen LogP contribution in [0.25, 0.3) is 0 Å². The number of fused-ring (bicyclic) bond motifs is 5. The predicted molar refractivity (Wildman–Crippen MR) is 92.6 cm³/mol. The summed E-state index contributed by atoms with van der Waals surface area (Å²) in [5.74, 6) is 3.28. The van der Waals surface area contributed by atoms with Gasteiger partial charge in [0.2, 0.25) is 0 Å². The first-order valence-electron chi connectivity index (χ1n) is 9.26. The molecule has 3 heteroatoms. The van der Waals surface area contributed by atoms with Crippen molar-refractivity contribution in [3.8, 4) is 6.07 Å². The molecule has 1 N–H and O–H groups in total. The first-order chi connectivity index (χ1) is 11.5. The van der Waals surface area contributed by atoms with Crippen LogP contribution < -0.4 is 0 Å². The molecular formula is C21H27NO2. The fourth-order valence-corrected chi connectivity index (χ4v) is 6.24. The van der Waals surface area contributed by atoms with Gasteiger partial charge in [-0.15, -0.1) is 0 Å². The quantitative estimate of drug-likeness (QED) is 0.831. The van der Waals surface area contributed by atoms with E-state index in [-0.39, 0.29) is 11.8 Å². The smallest absolute Gasteiger partial charge is 0.118 e. The number of methoxy groups -OCH3 is 1. The van der Waals surface area contributed by atoms with Crippen molar-refractivity contribution in [3.63, 3.8) is 0 Å². The Balaban J connectivity index is 1.64. The van der Waals surface area contributed by atoms with E-state index in [1.54, 1.807) is 7.11 Å². The monoisotopic (exact) mass is 325 g/mol. The van der Waals surface area contributed by atoms with Gasteiger partial charge in [-0.25, -0.2) is 0 Å². The summed E-state index contributed by atoms with van der Waals surface area (Å²) in [4.78, 5) is 0. The van der Waals surface area contributed by atoms with Gasteiger partial charge in [-0.2, -0.15) is 5.26 Å². The molecule has 0 radical (unpaired) electrons. The fourth-order valence-electron chi connectivity index (χ4n) is 6.24. The SMILES string of the molecule is COC1=CC2=CC[C@@H]3[C@H](CC[C@@]4(C)[C@H]3CC[C@@]4(O)CC#N)[C@H]2C=C1. The zero-order valence-electron chi connectivity index (χ0n) is 14.7. The van der Waals surface area contributed by atoms with Gasteiger partial charge in [0.25, 0.3) is 0 Å². The molecule has 4 rings (SSSR count). The van der Waals surface area contributed by atoms with Gasteiger partial charge in [0.15, 0.2) is 0 Å². The largest absolute Gasteiger partial charge is 0.497 e. The Morgan fingerprint density at radius 3 is 2.92 bits per heavy atom. The molecule has 0 unspecified atom stereocenters. The minimum absolute atomic E-state index is 0.0961. The standard InChI is InChI=1S/C21H27NO2/c1-20-9-7-17-16-6-4-15(24-2)13-14(16)3-5-18(17)19(20)8-10-21(20,23)11-12-22/h3-4,6,13,16-19,23H,5,7-11H2,1-2H3/t16-,17+,18+,19-,20-,21+/m0/s1. The molecular weight excluding hydrogens is 298 g/mol. The summed E-state index contributed by atoms with van der Waals surface area (Å²) in [6, 6.07) is 2.24. The molecule has 6 atom stereocenters. The molecule has 4 aliphatic rings. The Kier molecular flexibility index (Phi) is 3.65. The van der Waals surface area contributed by atoms with Crippen LogP contribution in [-0.4, -0.2) is 17.8 Å². The van der Waals surface area contributed by atoms with E-state index in [1.165, 1.54) is 5.57 Å². The molecule has 0 aromatic carbocycles. The van der Waals surface area contributed by atoms with Gasteiger partial charge in [0.05, 0.1) is 25.2 Å². The van der Waals surface area contributed by atoms with Gasteiger partial charge < -0.3 is 9.84 Å². The highest BCUT2D eigenvalue weighted by atomic mass is 16.5. The van der Waals surface area contributed by atoms with Gasteiger partial charge >= 0.3 is 0 Å². The molecule has 3 nitrogen and oxygen atoms in total.